The van der Waals surface area contributed by atoms with Crippen LogP contribution in [0.2, 0.25) is 0 Å². The van der Waals surface area contributed by atoms with Gasteiger partial charge in [0.1, 0.15) is 0 Å². The molecular formula is C13H18ClN3O. The van der Waals surface area contributed by atoms with Crippen LogP contribution in [0.5, 0.6) is 0 Å². The molecule has 1 fully saturated rings. The highest BCUT2D eigenvalue weighted by Crippen LogP contribution is 2.32. The molecule has 3 rings (SSSR count). The Morgan fingerprint density at radius 3 is 2.44 bits per heavy atom. The first-order valence-electron chi connectivity index (χ1n) is 6.20. The van der Waals surface area contributed by atoms with Crippen molar-refractivity contribution in [1.82, 2.24) is 9.97 Å². The number of hydrogen-bond acceptors (Lipinski definition) is 2. The second-order valence-corrected chi connectivity index (χ2v) is 5.00. The molecule has 4 nitrogen and oxygen atoms in total. The second kappa shape index (κ2) is 5.16. The molecule has 18 heavy (non-hydrogen) atoms. The predicted octanol–water partition coefficient (Wildman–Crippen LogP) is 2.26. The number of H-pyrrole nitrogens is 2. The lowest BCUT2D eigenvalue weighted by molar-refractivity contribution is 0.396. The van der Waals surface area contributed by atoms with Gasteiger partial charge in [-0.3, -0.25) is 0 Å². The first-order valence-corrected chi connectivity index (χ1v) is 6.20. The first-order chi connectivity index (χ1) is 8.22. The largest absolute Gasteiger partial charge is 0.328 e. The normalized spacial score (nSPS) is 23.8. The highest BCUT2D eigenvalue weighted by molar-refractivity contribution is 5.85. The van der Waals surface area contributed by atoms with Gasteiger partial charge in [-0.1, -0.05) is 6.07 Å². The van der Waals surface area contributed by atoms with Crippen molar-refractivity contribution in [2.24, 2.45) is 5.73 Å². The molecule has 1 saturated carbocycles. The minimum absolute atomic E-state index is 0. The van der Waals surface area contributed by atoms with Crippen LogP contribution in [0.4, 0.5) is 0 Å². The number of fused-ring (bicyclic) bond motifs is 1. The van der Waals surface area contributed by atoms with E-state index in [2.05, 4.69) is 22.1 Å². The molecule has 1 aliphatic carbocycles. The Kier molecular flexibility index (Phi) is 3.78. The van der Waals surface area contributed by atoms with Crippen LogP contribution < -0.4 is 11.4 Å². The molecule has 98 valence electrons. The summed E-state index contributed by atoms with van der Waals surface area (Å²) in [5.41, 5.74) is 8.89. The van der Waals surface area contributed by atoms with Crippen LogP contribution in [0, 0.1) is 0 Å². The molecule has 0 atom stereocenters. The Balaban J connectivity index is 0.00000120. The van der Waals surface area contributed by atoms with E-state index in [0.29, 0.717) is 12.0 Å². The van der Waals surface area contributed by atoms with E-state index in [1.54, 1.807) is 0 Å². The number of nitrogens with one attached hydrogen (secondary N) is 2. The molecule has 1 aromatic heterocycles. The van der Waals surface area contributed by atoms with Gasteiger partial charge in [-0.25, -0.2) is 4.79 Å². The topological polar surface area (TPSA) is 74.7 Å². The van der Waals surface area contributed by atoms with Crippen molar-refractivity contribution >= 4 is 23.4 Å². The molecule has 2 aromatic rings. The Bertz CT molecular complexity index is 581. The van der Waals surface area contributed by atoms with E-state index in [-0.39, 0.29) is 18.1 Å². The van der Waals surface area contributed by atoms with Crippen LogP contribution in [-0.2, 0) is 0 Å². The third-order valence-electron chi connectivity index (χ3n) is 3.78. The van der Waals surface area contributed by atoms with Crippen molar-refractivity contribution < 1.29 is 0 Å². The number of imidazole rings is 1. The number of hydrogen-bond donors (Lipinski definition) is 3. The monoisotopic (exact) mass is 267 g/mol. The lowest BCUT2D eigenvalue weighted by Gasteiger charge is -2.26. The van der Waals surface area contributed by atoms with Gasteiger partial charge < -0.3 is 15.7 Å². The van der Waals surface area contributed by atoms with E-state index in [4.69, 9.17) is 5.73 Å². The molecule has 5 heteroatoms. The molecule has 0 unspecified atom stereocenters. The van der Waals surface area contributed by atoms with Crippen molar-refractivity contribution in [3.05, 3.63) is 34.2 Å². The zero-order chi connectivity index (χ0) is 11.8. The molecule has 0 amide bonds. The summed E-state index contributed by atoms with van der Waals surface area (Å²) in [6, 6.07) is 6.57. The Morgan fingerprint density at radius 1 is 1.06 bits per heavy atom. The van der Waals surface area contributed by atoms with Gasteiger partial charge in [0.2, 0.25) is 0 Å². The zero-order valence-corrected chi connectivity index (χ0v) is 10.9. The number of rotatable bonds is 1. The van der Waals surface area contributed by atoms with Crippen molar-refractivity contribution in [3.8, 4) is 0 Å². The van der Waals surface area contributed by atoms with Crippen molar-refractivity contribution in [2.45, 2.75) is 37.6 Å². The van der Waals surface area contributed by atoms with E-state index in [1.807, 2.05) is 6.07 Å². The number of benzene rings is 1. The number of halogens is 1. The highest BCUT2D eigenvalue weighted by atomic mass is 35.5. The summed E-state index contributed by atoms with van der Waals surface area (Å²) in [7, 11) is 0. The molecule has 0 spiro atoms. The lowest BCUT2D eigenvalue weighted by Crippen LogP contribution is -2.25. The summed E-state index contributed by atoms with van der Waals surface area (Å²) >= 11 is 0. The SMILES string of the molecule is Cl.NC1CCC(c2ccc3[nH]c(=O)[nH]c3c2)CC1. The van der Waals surface area contributed by atoms with Gasteiger partial charge in [0.15, 0.2) is 0 Å². The minimum Gasteiger partial charge on any atom is -0.328 e. The summed E-state index contributed by atoms with van der Waals surface area (Å²) < 4.78 is 0. The molecular weight excluding hydrogens is 250 g/mol. The maximum atomic E-state index is 11.2. The quantitative estimate of drug-likeness (QED) is 0.741. The summed E-state index contributed by atoms with van der Waals surface area (Å²) in [5, 5.41) is 0. The molecule has 0 radical (unpaired) electrons. The maximum Gasteiger partial charge on any atom is 0.323 e. The second-order valence-electron chi connectivity index (χ2n) is 5.00. The van der Waals surface area contributed by atoms with Crippen LogP contribution in [0.3, 0.4) is 0 Å². The molecule has 0 aliphatic heterocycles. The van der Waals surface area contributed by atoms with E-state index in [9.17, 15) is 4.79 Å². The third-order valence-corrected chi connectivity index (χ3v) is 3.78. The van der Waals surface area contributed by atoms with Crippen LogP contribution >= 0.6 is 12.4 Å². The molecule has 1 aromatic carbocycles. The first kappa shape index (κ1) is 13.2. The lowest BCUT2D eigenvalue weighted by atomic mass is 9.82. The van der Waals surface area contributed by atoms with Gasteiger partial charge in [-0.15, -0.1) is 12.4 Å². The molecule has 0 saturated heterocycles. The summed E-state index contributed by atoms with van der Waals surface area (Å²) in [5.74, 6) is 0.595. The van der Waals surface area contributed by atoms with Crippen molar-refractivity contribution in [2.75, 3.05) is 0 Å². The van der Waals surface area contributed by atoms with Crippen molar-refractivity contribution in [3.63, 3.8) is 0 Å². The Hall–Kier alpha value is -1.26. The minimum atomic E-state index is -0.136. The zero-order valence-electron chi connectivity index (χ0n) is 10.1. The van der Waals surface area contributed by atoms with Gasteiger partial charge in [-0.2, -0.15) is 0 Å². The van der Waals surface area contributed by atoms with E-state index in [1.165, 1.54) is 5.56 Å². The van der Waals surface area contributed by atoms with E-state index in [0.717, 1.165) is 36.7 Å². The Labute approximate surface area is 111 Å². The van der Waals surface area contributed by atoms with Gasteiger partial charge in [0.05, 0.1) is 11.0 Å². The third kappa shape index (κ3) is 2.44. The van der Waals surface area contributed by atoms with Gasteiger partial charge in [-0.05, 0) is 49.3 Å². The predicted molar refractivity (Wildman–Crippen MR) is 75.4 cm³/mol. The van der Waals surface area contributed by atoms with Gasteiger partial charge in [0, 0.05) is 6.04 Å². The van der Waals surface area contributed by atoms with Gasteiger partial charge >= 0.3 is 5.69 Å². The number of nitrogens with two attached hydrogens (primary N) is 1. The average Bonchev–Trinajstić information content (AvgIpc) is 2.69. The maximum absolute atomic E-state index is 11.2. The molecule has 1 aliphatic rings. The van der Waals surface area contributed by atoms with Crippen LogP contribution in [0.25, 0.3) is 11.0 Å². The van der Waals surface area contributed by atoms with Gasteiger partial charge in [0.25, 0.3) is 0 Å². The highest BCUT2D eigenvalue weighted by Gasteiger charge is 2.20. The standard InChI is InChI=1S/C13H17N3O.ClH/c14-10-4-1-8(2-5-10)9-3-6-11-12(7-9)16-13(17)15-11;/h3,6-8,10H,1-2,4-5,14H2,(H2,15,16,17);1H. The summed E-state index contributed by atoms with van der Waals surface area (Å²) in [6.07, 6.45) is 4.52. The van der Waals surface area contributed by atoms with Crippen LogP contribution in [-0.4, -0.2) is 16.0 Å². The Morgan fingerprint density at radius 2 is 1.72 bits per heavy atom. The summed E-state index contributed by atoms with van der Waals surface area (Å²) in [4.78, 5) is 16.8. The fourth-order valence-corrected chi connectivity index (χ4v) is 2.76. The van der Waals surface area contributed by atoms with E-state index < -0.39 is 0 Å². The fraction of sp³-hybridized carbons (Fsp3) is 0.462. The molecule has 1 heterocycles. The van der Waals surface area contributed by atoms with E-state index >= 15 is 0 Å². The molecule has 4 N–H and O–H groups in total. The van der Waals surface area contributed by atoms with Crippen molar-refractivity contribution in [1.29, 1.82) is 0 Å². The van der Waals surface area contributed by atoms with Crippen LogP contribution in [0.15, 0.2) is 23.0 Å². The van der Waals surface area contributed by atoms with Crippen LogP contribution in [0.1, 0.15) is 37.2 Å². The summed E-state index contributed by atoms with van der Waals surface area (Å²) in [6.45, 7) is 0. The molecule has 0 bridgehead atoms. The number of aromatic amines is 2. The average molecular weight is 268 g/mol. The number of aromatic nitrogens is 2. The fourth-order valence-electron chi connectivity index (χ4n) is 2.76. The smallest absolute Gasteiger partial charge is 0.323 e.